The number of ether oxygens (including phenoxy) is 2. The molecule has 0 aliphatic carbocycles. The minimum absolute atomic E-state index is 0. The van der Waals surface area contributed by atoms with Gasteiger partial charge in [-0.05, 0) is 25.2 Å². The second-order valence-electron chi connectivity index (χ2n) is 5.66. The zero-order valence-corrected chi connectivity index (χ0v) is 14.7. The lowest BCUT2D eigenvalue weighted by Gasteiger charge is -2.32. The van der Waals surface area contributed by atoms with Gasteiger partial charge in [0.25, 0.3) is 0 Å². The molecule has 2 aliphatic heterocycles. The standard InChI is InChI=1S/C16H19N3O2S.ClH/c1-18-4-6-19(7-5-18)16-17-13(11-22-16)12-2-3-14-15(10-12)21-9-8-20-14;/h2-3,10-11H,4-9H2,1H3;1H. The molecule has 0 saturated carbocycles. The topological polar surface area (TPSA) is 37.8 Å². The van der Waals surface area contributed by atoms with Crippen molar-refractivity contribution in [2.75, 3.05) is 51.3 Å². The molecule has 4 rings (SSSR count). The van der Waals surface area contributed by atoms with Crippen LogP contribution < -0.4 is 14.4 Å². The summed E-state index contributed by atoms with van der Waals surface area (Å²) in [5, 5.41) is 3.23. The second kappa shape index (κ2) is 6.95. The van der Waals surface area contributed by atoms with E-state index in [4.69, 9.17) is 14.5 Å². The first kappa shape index (κ1) is 16.4. The molecule has 3 heterocycles. The van der Waals surface area contributed by atoms with Gasteiger partial charge < -0.3 is 19.3 Å². The second-order valence-corrected chi connectivity index (χ2v) is 6.50. The summed E-state index contributed by atoms with van der Waals surface area (Å²) in [7, 11) is 2.17. The quantitative estimate of drug-likeness (QED) is 0.830. The summed E-state index contributed by atoms with van der Waals surface area (Å²) >= 11 is 1.71. The van der Waals surface area contributed by atoms with Gasteiger partial charge in [-0.25, -0.2) is 4.98 Å². The maximum atomic E-state index is 5.66. The van der Waals surface area contributed by atoms with E-state index in [2.05, 4.69) is 28.3 Å². The SMILES string of the molecule is CN1CCN(c2nc(-c3ccc4c(c3)OCCO4)cs2)CC1.Cl. The number of aromatic nitrogens is 1. The third kappa shape index (κ3) is 3.39. The summed E-state index contributed by atoms with van der Waals surface area (Å²) in [6, 6.07) is 6.05. The number of anilines is 1. The molecule has 2 aliphatic rings. The van der Waals surface area contributed by atoms with Gasteiger partial charge in [0, 0.05) is 37.1 Å². The van der Waals surface area contributed by atoms with E-state index in [1.54, 1.807) is 11.3 Å². The normalized spacial score (nSPS) is 17.7. The first-order chi connectivity index (χ1) is 10.8. The highest BCUT2D eigenvalue weighted by atomic mass is 35.5. The van der Waals surface area contributed by atoms with Crippen molar-refractivity contribution >= 4 is 28.9 Å². The number of hydrogen-bond donors (Lipinski definition) is 0. The summed E-state index contributed by atoms with van der Waals surface area (Å²) in [5.74, 6) is 1.64. The van der Waals surface area contributed by atoms with Crippen LogP contribution in [0.5, 0.6) is 11.5 Å². The van der Waals surface area contributed by atoms with Crippen molar-refractivity contribution in [2.24, 2.45) is 0 Å². The highest BCUT2D eigenvalue weighted by Gasteiger charge is 2.18. The maximum absolute atomic E-state index is 5.66. The summed E-state index contributed by atoms with van der Waals surface area (Å²) < 4.78 is 11.2. The fourth-order valence-corrected chi connectivity index (χ4v) is 3.63. The van der Waals surface area contributed by atoms with Crippen molar-refractivity contribution in [3.63, 3.8) is 0 Å². The lowest BCUT2D eigenvalue weighted by atomic mass is 10.1. The number of likely N-dealkylation sites (N-methyl/N-ethyl adjacent to an activating group) is 1. The largest absolute Gasteiger partial charge is 0.486 e. The molecule has 0 atom stereocenters. The first-order valence-corrected chi connectivity index (χ1v) is 8.46. The average molecular weight is 354 g/mol. The molecule has 0 amide bonds. The van der Waals surface area contributed by atoms with Crippen LogP contribution >= 0.6 is 23.7 Å². The van der Waals surface area contributed by atoms with Gasteiger partial charge in [-0.1, -0.05) is 0 Å². The molecule has 0 radical (unpaired) electrons. The third-order valence-electron chi connectivity index (χ3n) is 4.10. The van der Waals surface area contributed by atoms with Gasteiger partial charge in [0.15, 0.2) is 16.6 Å². The number of halogens is 1. The Balaban J connectivity index is 0.00000156. The van der Waals surface area contributed by atoms with Gasteiger partial charge in [0.1, 0.15) is 13.2 Å². The van der Waals surface area contributed by atoms with Crippen molar-refractivity contribution in [1.82, 2.24) is 9.88 Å². The van der Waals surface area contributed by atoms with Crippen molar-refractivity contribution in [3.8, 4) is 22.8 Å². The number of rotatable bonds is 2. The predicted molar refractivity (Wildman–Crippen MR) is 95.5 cm³/mol. The van der Waals surface area contributed by atoms with Crippen LogP contribution in [0.4, 0.5) is 5.13 Å². The molecule has 0 N–H and O–H groups in total. The molecule has 1 aromatic carbocycles. The molecule has 0 unspecified atom stereocenters. The van der Waals surface area contributed by atoms with Crippen molar-refractivity contribution in [1.29, 1.82) is 0 Å². The Hall–Kier alpha value is -1.50. The van der Waals surface area contributed by atoms with Crippen LogP contribution in [-0.4, -0.2) is 56.3 Å². The van der Waals surface area contributed by atoms with Crippen LogP contribution in [0.2, 0.25) is 0 Å². The van der Waals surface area contributed by atoms with Crippen LogP contribution in [0.1, 0.15) is 0 Å². The highest BCUT2D eigenvalue weighted by Crippen LogP contribution is 2.36. The molecule has 5 nitrogen and oxygen atoms in total. The third-order valence-corrected chi connectivity index (χ3v) is 5.01. The summed E-state index contributed by atoms with van der Waals surface area (Å²) in [6.07, 6.45) is 0. The predicted octanol–water partition coefficient (Wildman–Crippen LogP) is 2.75. The fourth-order valence-electron chi connectivity index (χ4n) is 2.74. The van der Waals surface area contributed by atoms with Crippen LogP contribution in [0.15, 0.2) is 23.6 Å². The molecule has 1 saturated heterocycles. The molecule has 0 bridgehead atoms. The minimum atomic E-state index is 0. The average Bonchev–Trinajstić information content (AvgIpc) is 3.05. The zero-order chi connectivity index (χ0) is 14.9. The number of benzene rings is 1. The van der Waals surface area contributed by atoms with Crippen LogP contribution in [0.25, 0.3) is 11.3 Å². The Labute approximate surface area is 146 Å². The Kier molecular flexibility index (Phi) is 4.94. The van der Waals surface area contributed by atoms with Gasteiger partial charge in [0.05, 0.1) is 5.69 Å². The fraction of sp³-hybridized carbons (Fsp3) is 0.438. The smallest absolute Gasteiger partial charge is 0.185 e. The molecule has 7 heteroatoms. The first-order valence-electron chi connectivity index (χ1n) is 7.59. The van der Waals surface area contributed by atoms with E-state index in [9.17, 15) is 0 Å². The van der Waals surface area contributed by atoms with E-state index in [-0.39, 0.29) is 12.4 Å². The van der Waals surface area contributed by atoms with Crippen molar-refractivity contribution < 1.29 is 9.47 Å². The van der Waals surface area contributed by atoms with Crippen molar-refractivity contribution in [2.45, 2.75) is 0 Å². The van der Waals surface area contributed by atoms with Gasteiger partial charge in [-0.2, -0.15) is 0 Å². The van der Waals surface area contributed by atoms with E-state index in [0.717, 1.165) is 54.1 Å². The Bertz CT molecular complexity index is 671. The summed E-state index contributed by atoms with van der Waals surface area (Å²) in [6.45, 7) is 5.52. The zero-order valence-electron chi connectivity index (χ0n) is 13.0. The molecule has 1 fully saturated rings. The van der Waals surface area contributed by atoms with E-state index in [1.807, 2.05) is 12.1 Å². The van der Waals surface area contributed by atoms with Crippen LogP contribution in [-0.2, 0) is 0 Å². The molecule has 1 aromatic heterocycles. The van der Waals surface area contributed by atoms with Crippen LogP contribution in [0.3, 0.4) is 0 Å². The highest BCUT2D eigenvalue weighted by molar-refractivity contribution is 7.14. The van der Waals surface area contributed by atoms with Crippen LogP contribution in [0, 0.1) is 0 Å². The van der Waals surface area contributed by atoms with E-state index in [0.29, 0.717) is 13.2 Å². The Morgan fingerprint density at radius 3 is 2.57 bits per heavy atom. The molecular weight excluding hydrogens is 334 g/mol. The molecule has 23 heavy (non-hydrogen) atoms. The minimum Gasteiger partial charge on any atom is -0.486 e. The monoisotopic (exact) mass is 353 g/mol. The molecule has 0 spiro atoms. The number of piperazine rings is 1. The number of nitrogens with zero attached hydrogens (tertiary/aromatic N) is 3. The number of fused-ring (bicyclic) bond motifs is 1. The van der Waals surface area contributed by atoms with Gasteiger partial charge >= 0.3 is 0 Å². The summed E-state index contributed by atoms with van der Waals surface area (Å²) in [5.41, 5.74) is 2.09. The van der Waals surface area contributed by atoms with E-state index in [1.165, 1.54) is 0 Å². The van der Waals surface area contributed by atoms with Gasteiger partial charge in [0.2, 0.25) is 0 Å². The van der Waals surface area contributed by atoms with Gasteiger partial charge in [-0.3, -0.25) is 0 Å². The molecular formula is C16H20ClN3O2S. The Morgan fingerprint density at radius 1 is 1.04 bits per heavy atom. The van der Waals surface area contributed by atoms with E-state index < -0.39 is 0 Å². The lowest BCUT2D eigenvalue weighted by molar-refractivity contribution is 0.171. The number of hydrogen-bond acceptors (Lipinski definition) is 6. The van der Waals surface area contributed by atoms with Gasteiger partial charge in [-0.15, -0.1) is 23.7 Å². The van der Waals surface area contributed by atoms with E-state index >= 15 is 0 Å². The molecule has 124 valence electrons. The molecule has 2 aromatic rings. The summed E-state index contributed by atoms with van der Waals surface area (Å²) in [4.78, 5) is 9.53. The number of thiazole rings is 1. The lowest BCUT2D eigenvalue weighted by Crippen LogP contribution is -2.44. The Morgan fingerprint density at radius 2 is 1.78 bits per heavy atom. The van der Waals surface area contributed by atoms with Crippen molar-refractivity contribution in [3.05, 3.63) is 23.6 Å². The maximum Gasteiger partial charge on any atom is 0.185 e.